The number of cyclic esters (lactones) is 1. The van der Waals surface area contributed by atoms with Crippen molar-refractivity contribution in [2.24, 2.45) is 0 Å². The number of ether oxygens (including phenoxy) is 2. The molecule has 2 amide bonds. The fourth-order valence-corrected chi connectivity index (χ4v) is 5.09. The van der Waals surface area contributed by atoms with Gasteiger partial charge in [-0.2, -0.15) is 5.26 Å². The molecule has 1 atom stereocenters. The summed E-state index contributed by atoms with van der Waals surface area (Å²) in [4.78, 5) is 36.9. The molecule has 0 unspecified atom stereocenters. The smallest absolute Gasteiger partial charge is 0.416 e. The highest BCUT2D eigenvalue weighted by atomic mass is 16.6. The van der Waals surface area contributed by atoms with Crippen molar-refractivity contribution in [1.82, 2.24) is 9.47 Å². The summed E-state index contributed by atoms with van der Waals surface area (Å²) in [6, 6.07) is 38.6. The summed E-state index contributed by atoms with van der Waals surface area (Å²) < 4.78 is 11.9. The maximum Gasteiger partial charge on any atom is 0.416 e. The Morgan fingerprint density at radius 3 is 2.04 bits per heavy atom. The minimum Gasteiger partial charge on any atom is -0.461 e. The quantitative estimate of drug-likeness (QED) is 0.177. The van der Waals surface area contributed by atoms with Crippen molar-refractivity contribution < 1.29 is 23.9 Å². The van der Waals surface area contributed by atoms with E-state index < -0.39 is 6.09 Å². The number of nitrogens with zero attached hydrogens (tertiary/aromatic N) is 3. The van der Waals surface area contributed by atoms with Crippen molar-refractivity contribution in [3.8, 4) is 22.9 Å². The van der Waals surface area contributed by atoms with Crippen LogP contribution in [-0.4, -0.2) is 40.1 Å². The van der Waals surface area contributed by atoms with E-state index in [4.69, 9.17) is 14.7 Å². The molecular weight excluding hydrogens is 578 g/mol. The van der Waals surface area contributed by atoms with Gasteiger partial charge in [0, 0.05) is 25.0 Å². The number of hydrogen-bond acceptors (Lipinski definition) is 6. The number of imide groups is 1. The van der Waals surface area contributed by atoms with Crippen molar-refractivity contribution in [3.05, 3.63) is 150 Å². The summed E-state index contributed by atoms with van der Waals surface area (Å²) in [5, 5.41) is 8.97. The van der Waals surface area contributed by atoms with Gasteiger partial charge < -0.3 is 14.0 Å². The Morgan fingerprint density at radius 1 is 0.826 bits per heavy atom. The maximum atomic E-state index is 13.0. The first-order valence-corrected chi connectivity index (χ1v) is 14.9. The van der Waals surface area contributed by atoms with Crippen LogP contribution in [0.1, 0.15) is 29.2 Å². The van der Waals surface area contributed by atoms with Gasteiger partial charge in [0.25, 0.3) is 0 Å². The van der Waals surface area contributed by atoms with Crippen molar-refractivity contribution in [3.63, 3.8) is 0 Å². The molecule has 6 rings (SSSR count). The van der Waals surface area contributed by atoms with Gasteiger partial charge in [0.2, 0.25) is 5.91 Å². The summed E-state index contributed by atoms with van der Waals surface area (Å²) in [5.41, 5.74) is 6.59. The zero-order valence-corrected chi connectivity index (χ0v) is 25.4. The average molecular weight is 612 g/mol. The molecule has 5 aromatic rings. The van der Waals surface area contributed by atoms with E-state index in [0.29, 0.717) is 18.6 Å². The second-order valence-electron chi connectivity index (χ2n) is 10.8. The number of aromatic nitrogens is 1. The molecule has 1 fully saturated rings. The van der Waals surface area contributed by atoms with Gasteiger partial charge in [-0.15, -0.1) is 0 Å². The van der Waals surface area contributed by atoms with Gasteiger partial charge in [0.1, 0.15) is 13.2 Å². The van der Waals surface area contributed by atoms with Crippen molar-refractivity contribution in [2.45, 2.75) is 32.4 Å². The first-order chi connectivity index (χ1) is 22.4. The van der Waals surface area contributed by atoms with Crippen LogP contribution in [0.4, 0.5) is 4.79 Å². The van der Waals surface area contributed by atoms with Crippen LogP contribution in [0.5, 0.6) is 0 Å². The molecule has 8 nitrogen and oxygen atoms in total. The maximum absolute atomic E-state index is 13.0. The Kier molecular flexibility index (Phi) is 10.4. The molecule has 0 radical (unpaired) electrons. The van der Waals surface area contributed by atoms with E-state index in [-0.39, 0.29) is 30.9 Å². The van der Waals surface area contributed by atoms with Crippen LogP contribution in [0.25, 0.3) is 16.8 Å². The number of esters is 1. The Labute approximate surface area is 268 Å². The Hall–Kier alpha value is -5.94. The van der Waals surface area contributed by atoms with Gasteiger partial charge >= 0.3 is 12.1 Å². The molecule has 1 saturated heterocycles. The van der Waals surface area contributed by atoms with Gasteiger partial charge in [-0.05, 0) is 64.6 Å². The molecule has 2 heterocycles. The van der Waals surface area contributed by atoms with E-state index in [1.165, 1.54) is 11.8 Å². The first-order valence-electron chi connectivity index (χ1n) is 14.9. The highest BCUT2D eigenvalue weighted by Gasteiger charge is 2.37. The van der Waals surface area contributed by atoms with Crippen LogP contribution in [0, 0.1) is 11.3 Å². The summed E-state index contributed by atoms with van der Waals surface area (Å²) in [7, 11) is 0. The molecule has 4 aromatic carbocycles. The lowest BCUT2D eigenvalue weighted by molar-refractivity contribution is -0.142. The normalized spacial score (nSPS) is 13.6. The zero-order chi connectivity index (χ0) is 32.3. The summed E-state index contributed by atoms with van der Waals surface area (Å²) in [6.45, 7) is 1.99. The Morgan fingerprint density at radius 2 is 1.43 bits per heavy atom. The van der Waals surface area contributed by atoms with Crippen LogP contribution < -0.4 is 0 Å². The zero-order valence-electron chi connectivity index (χ0n) is 25.4. The number of amides is 2. The number of rotatable bonds is 8. The molecule has 46 heavy (non-hydrogen) atoms. The third-order valence-electron chi connectivity index (χ3n) is 7.45. The average Bonchev–Trinajstić information content (AvgIpc) is 3.71. The van der Waals surface area contributed by atoms with Crippen LogP contribution in [-0.2, 0) is 38.5 Å². The fraction of sp³-hybridized carbons (Fsp3) is 0.158. The summed E-state index contributed by atoms with van der Waals surface area (Å²) >= 11 is 0. The number of benzene rings is 4. The Balaban J connectivity index is 0.000000322. The Bertz CT molecular complexity index is 1810. The topological polar surface area (TPSA) is 102 Å². The van der Waals surface area contributed by atoms with Crippen LogP contribution in [0.2, 0.25) is 0 Å². The lowest BCUT2D eigenvalue weighted by Crippen LogP contribution is -2.41. The van der Waals surface area contributed by atoms with Crippen LogP contribution >= 0.6 is 0 Å². The van der Waals surface area contributed by atoms with Crippen LogP contribution in [0.15, 0.2) is 128 Å². The molecule has 1 aromatic heterocycles. The molecule has 230 valence electrons. The fourth-order valence-electron chi connectivity index (χ4n) is 5.09. The number of carbonyl (C=O) groups excluding carboxylic acids is 3. The van der Waals surface area contributed by atoms with E-state index in [0.717, 1.165) is 33.5 Å². The first kappa shape index (κ1) is 31.5. The molecule has 0 N–H and O–H groups in total. The van der Waals surface area contributed by atoms with Crippen molar-refractivity contribution in [2.75, 3.05) is 6.61 Å². The van der Waals surface area contributed by atoms with Gasteiger partial charge in [0.05, 0.1) is 24.1 Å². The van der Waals surface area contributed by atoms with Crippen molar-refractivity contribution in [1.29, 1.82) is 5.26 Å². The predicted octanol–water partition coefficient (Wildman–Crippen LogP) is 6.90. The lowest BCUT2D eigenvalue weighted by atomic mass is 10.0. The number of nitriles is 1. The predicted molar refractivity (Wildman–Crippen MR) is 174 cm³/mol. The number of carbonyl (C=O) groups is 3. The molecule has 0 spiro atoms. The van der Waals surface area contributed by atoms with E-state index in [1.807, 2.05) is 120 Å². The molecular formula is C38H33N3O5. The van der Waals surface area contributed by atoms with Crippen molar-refractivity contribution >= 4 is 18.0 Å². The standard InChI is InChI=1S/C29H23N3O3.C9H10O2/c30-18-22-6-8-24(9-7-22)25-10-12-26(13-11-25)31-15-14-23(19-31)17-28(33)32-27(20-35-29(32)34)16-21-4-2-1-3-5-21;1-8(10)11-7-9-5-3-2-4-6-9/h1-15,19,27H,16-17,20H2;2-6H,7H2,1H3/t27-;/m0./s1. The number of hydrogen-bond donors (Lipinski definition) is 0. The minimum absolute atomic E-state index is 0.122. The minimum atomic E-state index is -0.575. The summed E-state index contributed by atoms with van der Waals surface area (Å²) in [6.07, 6.45) is 3.93. The highest BCUT2D eigenvalue weighted by molar-refractivity contribution is 5.94. The second-order valence-corrected chi connectivity index (χ2v) is 10.8. The molecule has 1 aliphatic rings. The van der Waals surface area contributed by atoms with Crippen LogP contribution in [0.3, 0.4) is 0 Å². The van der Waals surface area contributed by atoms with Gasteiger partial charge in [-0.25, -0.2) is 9.69 Å². The van der Waals surface area contributed by atoms with Gasteiger partial charge in [-0.1, -0.05) is 84.9 Å². The lowest BCUT2D eigenvalue weighted by Gasteiger charge is -2.19. The molecule has 0 saturated carbocycles. The third-order valence-corrected chi connectivity index (χ3v) is 7.45. The largest absolute Gasteiger partial charge is 0.461 e. The van der Waals surface area contributed by atoms with E-state index in [2.05, 4.69) is 6.07 Å². The van der Waals surface area contributed by atoms with E-state index >= 15 is 0 Å². The van der Waals surface area contributed by atoms with E-state index in [9.17, 15) is 14.4 Å². The van der Waals surface area contributed by atoms with Gasteiger partial charge in [-0.3, -0.25) is 9.59 Å². The SMILES string of the molecule is CC(=O)OCc1ccccc1.N#Cc1ccc(-c2ccc(-n3ccc(CC(=O)N4C(=O)OC[C@@H]4Cc4ccccc4)c3)cc2)cc1. The molecule has 1 aliphatic heterocycles. The molecule has 0 bridgehead atoms. The second kappa shape index (κ2) is 15.2. The monoisotopic (exact) mass is 611 g/mol. The third kappa shape index (κ3) is 8.36. The summed E-state index contributed by atoms with van der Waals surface area (Å²) in [5.74, 6) is -0.504. The molecule has 8 heteroatoms. The van der Waals surface area contributed by atoms with E-state index in [1.54, 1.807) is 12.1 Å². The highest BCUT2D eigenvalue weighted by Crippen LogP contribution is 2.23. The van der Waals surface area contributed by atoms with Gasteiger partial charge in [0.15, 0.2) is 0 Å². The molecule has 0 aliphatic carbocycles.